The molecule has 2 aromatic rings. The Morgan fingerprint density at radius 3 is 2.58 bits per heavy atom. The first-order valence-corrected chi connectivity index (χ1v) is 9.03. The summed E-state index contributed by atoms with van der Waals surface area (Å²) in [6.45, 7) is 4.95. The van der Waals surface area contributed by atoms with Gasteiger partial charge >= 0.3 is 5.51 Å². The van der Waals surface area contributed by atoms with Gasteiger partial charge in [-0.2, -0.15) is 13.2 Å². The fourth-order valence-corrected chi connectivity index (χ4v) is 3.75. The number of halogens is 3. The van der Waals surface area contributed by atoms with E-state index in [2.05, 4.69) is 29.0 Å². The number of alkyl halides is 3. The van der Waals surface area contributed by atoms with Gasteiger partial charge < -0.3 is 10.6 Å². The molecule has 1 aromatic carbocycles. The van der Waals surface area contributed by atoms with Crippen LogP contribution in [-0.2, 0) is 6.42 Å². The van der Waals surface area contributed by atoms with E-state index in [0.717, 1.165) is 17.8 Å². The first-order valence-electron chi connectivity index (χ1n) is 8.21. The van der Waals surface area contributed by atoms with Gasteiger partial charge in [0.2, 0.25) is 0 Å². The highest BCUT2D eigenvalue weighted by Crippen LogP contribution is 2.38. The third kappa shape index (κ3) is 4.62. The van der Waals surface area contributed by atoms with Crippen LogP contribution in [-0.4, -0.2) is 28.7 Å². The smallest absolute Gasteiger partial charge is 0.397 e. The SMILES string of the molecule is CC1(C)CN(c2ccc(SC(F)(F)F)cc2)C(Cc2ccncc2N)N1. The highest BCUT2D eigenvalue weighted by molar-refractivity contribution is 8.00. The Bertz CT molecular complexity index is 762. The largest absolute Gasteiger partial charge is 0.446 e. The monoisotopic (exact) mass is 382 g/mol. The molecule has 0 radical (unpaired) electrons. The van der Waals surface area contributed by atoms with Crippen LogP contribution in [0.2, 0.25) is 0 Å². The van der Waals surface area contributed by atoms with Gasteiger partial charge in [0.25, 0.3) is 0 Å². The van der Waals surface area contributed by atoms with Crippen molar-refractivity contribution >= 4 is 23.1 Å². The quantitative estimate of drug-likeness (QED) is 0.782. The van der Waals surface area contributed by atoms with Gasteiger partial charge in [0, 0.05) is 35.3 Å². The van der Waals surface area contributed by atoms with Crippen LogP contribution in [0.4, 0.5) is 24.5 Å². The van der Waals surface area contributed by atoms with Crippen LogP contribution in [0.15, 0.2) is 47.6 Å². The molecule has 1 aliphatic heterocycles. The van der Waals surface area contributed by atoms with Crippen LogP contribution in [0.1, 0.15) is 19.4 Å². The van der Waals surface area contributed by atoms with Crippen molar-refractivity contribution in [2.45, 2.75) is 42.4 Å². The zero-order valence-electron chi connectivity index (χ0n) is 14.5. The number of hydrogen-bond acceptors (Lipinski definition) is 5. The van der Waals surface area contributed by atoms with Crippen molar-refractivity contribution in [2.75, 3.05) is 17.2 Å². The van der Waals surface area contributed by atoms with Gasteiger partial charge in [-0.3, -0.25) is 10.3 Å². The number of benzene rings is 1. The summed E-state index contributed by atoms with van der Waals surface area (Å²) in [5.41, 5.74) is 4.12. The second kappa shape index (κ2) is 7.00. The molecule has 140 valence electrons. The molecular weight excluding hydrogens is 361 g/mol. The Morgan fingerprint density at radius 2 is 1.96 bits per heavy atom. The highest BCUT2D eigenvalue weighted by Gasteiger charge is 2.37. The van der Waals surface area contributed by atoms with Gasteiger partial charge in [0.1, 0.15) is 0 Å². The average molecular weight is 382 g/mol. The molecule has 26 heavy (non-hydrogen) atoms. The van der Waals surface area contributed by atoms with Gasteiger partial charge in [0.15, 0.2) is 0 Å². The number of anilines is 2. The Morgan fingerprint density at radius 1 is 1.27 bits per heavy atom. The van der Waals surface area contributed by atoms with Crippen LogP contribution < -0.4 is 16.0 Å². The maximum Gasteiger partial charge on any atom is 0.446 e. The molecule has 1 saturated heterocycles. The Kier molecular flexibility index (Phi) is 5.07. The summed E-state index contributed by atoms with van der Waals surface area (Å²) in [5.74, 6) is 0. The lowest BCUT2D eigenvalue weighted by atomic mass is 10.1. The van der Waals surface area contributed by atoms with Crippen molar-refractivity contribution in [3.05, 3.63) is 48.3 Å². The number of nitrogen functional groups attached to an aromatic ring is 1. The molecule has 0 aliphatic carbocycles. The number of rotatable bonds is 4. The van der Waals surface area contributed by atoms with Crippen LogP contribution in [0.5, 0.6) is 0 Å². The molecule has 4 nitrogen and oxygen atoms in total. The molecule has 1 unspecified atom stereocenters. The van der Waals surface area contributed by atoms with E-state index in [4.69, 9.17) is 5.73 Å². The molecule has 3 N–H and O–H groups in total. The average Bonchev–Trinajstić information content (AvgIpc) is 2.83. The summed E-state index contributed by atoms with van der Waals surface area (Å²) >= 11 is -0.100. The van der Waals surface area contributed by atoms with Gasteiger partial charge in [0.05, 0.1) is 18.1 Å². The molecule has 1 fully saturated rings. The second-order valence-electron chi connectivity index (χ2n) is 6.99. The third-order valence-electron chi connectivity index (χ3n) is 4.26. The van der Waals surface area contributed by atoms with E-state index in [-0.39, 0.29) is 28.4 Å². The summed E-state index contributed by atoms with van der Waals surface area (Å²) in [7, 11) is 0. The summed E-state index contributed by atoms with van der Waals surface area (Å²) in [5, 5.41) is 3.57. The summed E-state index contributed by atoms with van der Waals surface area (Å²) in [4.78, 5) is 6.36. The standard InChI is InChI=1S/C18H21F3N4S/c1-17(2)11-25(13-3-5-14(6-4-13)26-18(19,20)21)16(24-17)9-12-7-8-23-10-15(12)22/h3-8,10,16,24H,9,11,22H2,1-2H3. The fourth-order valence-electron chi connectivity index (χ4n) is 3.21. The fraction of sp³-hybridized carbons (Fsp3) is 0.389. The topological polar surface area (TPSA) is 54.2 Å². The summed E-state index contributed by atoms with van der Waals surface area (Å²) < 4.78 is 37.5. The van der Waals surface area contributed by atoms with Crippen molar-refractivity contribution in [2.24, 2.45) is 0 Å². The van der Waals surface area contributed by atoms with E-state index in [9.17, 15) is 13.2 Å². The van der Waals surface area contributed by atoms with Crippen LogP contribution in [0, 0.1) is 0 Å². The number of nitrogens with two attached hydrogens (primary N) is 1. The summed E-state index contributed by atoms with van der Waals surface area (Å²) in [6.07, 6.45) is 4.01. The van der Waals surface area contributed by atoms with E-state index in [1.54, 1.807) is 24.5 Å². The zero-order valence-corrected chi connectivity index (χ0v) is 15.4. The van der Waals surface area contributed by atoms with Gasteiger partial charge in [-0.15, -0.1) is 0 Å². The summed E-state index contributed by atoms with van der Waals surface area (Å²) in [6, 6.07) is 8.39. The molecule has 1 aromatic heterocycles. The molecule has 2 heterocycles. The number of pyridine rings is 1. The van der Waals surface area contributed by atoms with E-state index in [1.807, 2.05) is 6.07 Å². The number of aromatic nitrogens is 1. The Balaban J connectivity index is 1.81. The predicted octanol–water partition coefficient (Wildman–Crippen LogP) is 4.03. The predicted molar refractivity (Wildman–Crippen MR) is 99.1 cm³/mol. The van der Waals surface area contributed by atoms with Crippen LogP contribution in [0.25, 0.3) is 0 Å². The molecule has 0 saturated carbocycles. The molecule has 0 amide bonds. The second-order valence-corrected chi connectivity index (χ2v) is 8.13. The molecule has 0 bridgehead atoms. The van der Waals surface area contributed by atoms with E-state index >= 15 is 0 Å². The van der Waals surface area contributed by atoms with Gasteiger partial charge in [-0.1, -0.05) is 0 Å². The Labute approximate surface area is 155 Å². The normalized spacial score (nSPS) is 19.7. The van der Waals surface area contributed by atoms with Gasteiger partial charge in [-0.25, -0.2) is 0 Å². The number of nitrogens with zero attached hydrogens (tertiary/aromatic N) is 2. The van der Waals surface area contributed by atoms with Crippen LogP contribution in [0.3, 0.4) is 0 Å². The number of nitrogens with one attached hydrogen (secondary N) is 1. The minimum atomic E-state index is -4.28. The van der Waals surface area contributed by atoms with E-state index < -0.39 is 5.51 Å². The van der Waals surface area contributed by atoms with E-state index in [1.165, 1.54) is 12.1 Å². The maximum atomic E-state index is 12.5. The van der Waals surface area contributed by atoms with Crippen molar-refractivity contribution in [3.8, 4) is 0 Å². The first-order chi connectivity index (χ1) is 12.1. The lowest BCUT2D eigenvalue weighted by Gasteiger charge is -2.27. The number of hydrogen-bond donors (Lipinski definition) is 2. The number of thioether (sulfide) groups is 1. The maximum absolute atomic E-state index is 12.5. The third-order valence-corrected chi connectivity index (χ3v) is 5.00. The molecule has 1 atom stereocenters. The first kappa shape index (κ1) is 18.8. The Hall–Kier alpha value is -1.93. The van der Waals surface area contributed by atoms with Crippen molar-refractivity contribution in [3.63, 3.8) is 0 Å². The van der Waals surface area contributed by atoms with Crippen molar-refractivity contribution < 1.29 is 13.2 Å². The lowest BCUT2D eigenvalue weighted by molar-refractivity contribution is -0.0328. The van der Waals surface area contributed by atoms with E-state index in [0.29, 0.717) is 12.1 Å². The minimum Gasteiger partial charge on any atom is -0.397 e. The molecular formula is C18H21F3N4S. The molecule has 3 rings (SSSR count). The lowest BCUT2D eigenvalue weighted by Crippen LogP contribution is -2.41. The van der Waals surface area contributed by atoms with Crippen molar-refractivity contribution in [1.82, 2.24) is 10.3 Å². The molecule has 8 heteroatoms. The highest BCUT2D eigenvalue weighted by atomic mass is 32.2. The van der Waals surface area contributed by atoms with Crippen molar-refractivity contribution in [1.29, 1.82) is 0 Å². The van der Waals surface area contributed by atoms with Gasteiger partial charge in [-0.05, 0) is 61.5 Å². The zero-order chi connectivity index (χ0) is 18.9. The molecule has 1 aliphatic rings. The molecule has 0 spiro atoms. The minimum absolute atomic E-state index is 0.00387. The van der Waals surface area contributed by atoms with Crippen LogP contribution >= 0.6 is 11.8 Å².